The van der Waals surface area contributed by atoms with Gasteiger partial charge in [-0.25, -0.2) is 4.39 Å². The van der Waals surface area contributed by atoms with Gasteiger partial charge in [-0.1, -0.05) is 12.1 Å². The number of hydrogen-bond donors (Lipinski definition) is 1. The highest BCUT2D eigenvalue weighted by molar-refractivity contribution is 7.12. The highest BCUT2D eigenvalue weighted by Gasteiger charge is 2.05. The van der Waals surface area contributed by atoms with Gasteiger partial charge in [0.15, 0.2) is 0 Å². The third kappa shape index (κ3) is 2.67. The number of thiophene rings is 1. The molecule has 1 N–H and O–H groups in total. The van der Waals surface area contributed by atoms with Gasteiger partial charge in [0.25, 0.3) is 5.91 Å². The van der Waals surface area contributed by atoms with Crippen LogP contribution in [0.4, 0.5) is 4.39 Å². The second kappa shape index (κ2) is 4.90. The predicted octanol–water partition coefficient (Wildman–Crippen LogP) is 2.62. The van der Waals surface area contributed by atoms with E-state index in [1.807, 2.05) is 0 Å². The van der Waals surface area contributed by atoms with Crippen molar-refractivity contribution in [2.45, 2.75) is 6.54 Å². The third-order valence-corrected chi connectivity index (χ3v) is 2.85. The normalized spacial score (nSPS) is 10.1. The topological polar surface area (TPSA) is 29.1 Å². The first-order valence-electron chi connectivity index (χ1n) is 4.73. The molecule has 0 aliphatic rings. The number of rotatable bonds is 3. The number of carbonyl (C=O) groups is 1. The fraction of sp³-hybridized carbons (Fsp3) is 0.0833. The number of hydrogen-bond acceptors (Lipinski definition) is 2. The fourth-order valence-electron chi connectivity index (χ4n) is 1.23. The Balaban J connectivity index is 1.93. The van der Waals surface area contributed by atoms with Crippen molar-refractivity contribution in [3.05, 3.63) is 58.0 Å². The molecule has 0 unspecified atom stereocenters. The van der Waals surface area contributed by atoms with Crippen LogP contribution in [0.1, 0.15) is 15.2 Å². The Kier molecular flexibility index (Phi) is 3.31. The maximum Gasteiger partial charge on any atom is 0.262 e. The number of nitrogens with one attached hydrogen (secondary N) is 1. The standard InChI is InChI=1S/C12H9FNOS/c13-10-5-3-9(4-6-10)8-14-12(15)11-2-1-7-16-11/h1,3-7H,8H2,(H,14,15). The Labute approximate surface area is 96.7 Å². The van der Waals surface area contributed by atoms with Gasteiger partial charge in [-0.05, 0) is 29.1 Å². The van der Waals surface area contributed by atoms with Crippen LogP contribution in [0, 0.1) is 11.9 Å². The minimum absolute atomic E-state index is 0.153. The minimum atomic E-state index is -0.276. The van der Waals surface area contributed by atoms with E-state index in [1.54, 1.807) is 23.6 Å². The average molecular weight is 234 g/mol. The van der Waals surface area contributed by atoms with E-state index in [9.17, 15) is 9.18 Å². The second-order valence-corrected chi connectivity index (χ2v) is 4.12. The van der Waals surface area contributed by atoms with Crippen LogP contribution < -0.4 is 5.32 Å². The molecule has 0 saturated carbocycles. The summed E-state index contributed by atoms with van der Waals surface area (Å²) in [6.45, 7) is 0.394. The lowest BCUT2D eigenvalue weighted by Crippen LogP contribution is -2.21. The molecule has 1 radical (unpaired) electrons. The lowest BCUT2D eigenvalue weighted by atomic mass is 10.2. The summed E-state index contributed by atoms with van der Waals surface area (Å²) < 4.78 is 12.6. The van der Waals surface area contributed by atoms with E-state index in [2.05, 4.69) is 11.4 Å². The number of benzene rings is 1. The molecule has 1 aromatic carbocycles. The molecule has 1 heterocycles. The van der Waals surface area contributed by atoms with Crippen LogP contribution in [0.25, 0.3) is 0 Å². The van der Waals surface area contributed by atoms with Gasteiger partial charge in [-0.2, -0.15) is 0 Å². The van der Waals surface area contributed by atoms with Crippen LogP contribution in [-0.4, -0.2) is 5.91 Å². The highest BCUT2D eigenvalue weighted by atomic mass is 32.1. The monoisotopic (exact) mass is 234 g/mol. The summed E-state index contributed by atoms with van der Waals surface area (Å²) >= 11 is 1.34. The Hall–Kier alpha value is -1.68. The molecule has 2 aromatic rings. The molecule has 2 nitrogen and oxygen atoms in total. The van der Waals surface area contributed by atoms with Crippen LogP contribution in [-0.2, 0) is 6.54 Å². The summed E-state index contributed by atoms with van der Waals surface area (Å²) in [6, 6.07) is 10.6. The van der Waals surface area contributed by atoms with Crippen LogP contribution in [0.15, 0.2) is 35.7 Å². The summed E-state index contributed by atoms with van der Waals surface area (Å²) in [7, 11) is 0. The maximum atomic E-state index is 12.6. The van der Waals surface area contributed by atoms with Crippen molar-refractivity contribution in [1.29, 1.82) is 0 Å². The van der Waals surface area contributed by atoms with E-state index in [0.29, 0.717) is 11.4 Å². The predicted molar refractivity (Wildman–Crippen MR) is 60.7 cm³/mol. The molecule has 16 heavy (non-hydrogen) atoms. The molecule has 0 aliphatic heterocycles. The van der Waals surface area contributed by atoms with E-state index >= 15 is 0 Å². The summed E-state index contributed by atoms with van der Waals surface area (Å²) in [5.41, 5.74) is 0.867. The number of carbonyl (C=O) groups excluding carboxylic acids is 1. The molecule has 0 bridgehead atoms. The van der Waals surface area contributed by atoms with Gasteiger partial charge >= 0.3 is 0 Å². The van der Waals surface area contributed by atoms with Gasteiger partial charge < -0.3 is 5.32 Å². The second-order valence-electron chi connectivity index (χ2n) is 3.20. The van der Waals surface area contributed by atoms with Gasteiger partial charge in [0.1, 0.15) is 5.82 Å². The van der Waals surface area contributed by atoms with Crippen molar-refractivity contribution in [3.63, 3.8) is 0 Å². The molecule has 2 rings (SSSR count). The zero-order valence-electron chi connectivity index (χ0n) is 8.37. The Bertz CT molecular complexity index is 464. The summed E-state index contributed by atoms with van der Waals surface area (Å²) in [6.07, 6.45) is 0. The molecule has 0 aliphatic carbocycles. The minimum Gasteiger partial charge on any atom is -0.347 e. The zero-order chi connectivity index (χ0) is 11.4. The van der Waals surface area contributed by atoms with Crippen molar-refractivity contribution in [1.82, 2.24) is 5.32 Å². The van der Waals surface area contributed by atoms with Gasteiger partial charge in [0, 0.05) is 12.6 Å². The van der Waals surface area contributed by atoms with Crippen molar-refractivity contribution in [2.75, 3.05) is 0 Å². The lowest BCUT2D eigenvalue weighted by molar-refractivity contribution is 0.0954. The molecule has 0 atom stereocenters. The average Bonchev–Trinajstić information content (AvgIpc) is 2.81. The SMILES string of the molecule is O=C(NCc1ccc(F)cc1)c1[c]ccs1. The zero-order valence-corrected chi connectivity index (χ0v) is 9.18. The van der Waals surface area contributed by atoms with E-state index < -0.39 is 0 Å². The molecule has 0 spiro atoms. The van der Waals surface area contributed by atoms with Gasteiger partial charge in [-0.3, -0.25) is 4.79 Å². The van der Waals surface area contributed by atoms with Crippen molar-refractivity contribution >= 4 is 17.2 Å². The van der Waals surface area contributed by atoms with Gasteiger partial charge in [0.05, 0.1) is 4.88 Å². The number of amides is 1. The molecular weight excluding hydrogens is 225 g/mol. The first kappa shape index (κ1) is 10.8. The number of halogens is 1. The largest absolute Gasteiger partial charge is 0.347 e. The van der Waals surface area contributed by atoms with Gasteiger partial charge in [-0.15, -0.1) is 11.3 Å². The smallest absolute Gasteiger partial charge is 0.262 e. The van der Waals surface area contributed by atoms with Crippen LogP contribution in [0.2, 0.25) is 0 Å². The van der Waals surface area contributed by atoms with Crippen LogP contribution >= 0.6 is 11.3 Å². The summed E-state index contributed by atoms with van der Waals surface area (Å²) in [5.74, 6) is -0.430. The Morgan fingerprint density at radius 2 is 2.12 bits per heavy atom. The van der Waals surface area contributed by atoms with E-state index in [-0.39, 0.29) is 11.7 Å². The lowest BCUT2D eigenvalue weighted by Gasteiger charge is -2.03. The molecule has 1 aromatic heterocycles. The van der Waals surface area contributed by atoms with Crippen molar-refractivity contribution in [2.24, 2.45) is 0 Å². The molecule has 0 saturated heterocycles. The highest BCUT2D eigenvalue weighted by Crippen LogP contribution is 2.08. The van der Waals surface area contributed by atoms with Gasteiger partial charge in [0.2, 0.25) is 0 Å². The third-order valence-electron chi connectivity index (χ3n) is 2.04. The van der Waals surface area contributed by atoms with E-state index in [0.717, 1.165) is 5.56 Å². The van der Waals surface area contributed by atoms with Crippen LogP contribution in [0.3, 0.4) is 0 Å². The summed E-state index contributed by atoms with van der Waals surface area (Å²) in [5, 5.41) is 4.54. The Morgan fingerprint density at radius 1 is 1.38 bits per heavy atom. The maximum absolute atomic E-state index is 12.6. The molecule has 1 amide bonds. The molecule has 4 heteroatoms. The van der Waals surface area contributed by atoms with Crippen LogP contribution in [0.5, 0.6) is 0 Å². The Morgan fingerprint density at radius 3 is 2.75 bits per heavy atom. The van der Waals surface area contributed by atoms with Crippen molar-refractivity contribution < 1.29 is 9.18 Å². The first-order chi connectivity index (χ1) is 7.75. The van der Waals surface area contributed by atoms with Crippen molar-refractivity contribution in [3.8, 4) is 0 Å². The molecule has 81 valence electrons. The summed E-state index contributed by atoms with van der Waals surface area (Å²) in [4.78, 5) is 12.1. The van der Waals surface area contributed by atoms with E-state index in [4.69, 9.17) is 0 Å². The molecular formula is C12H9FNOS. The molecule has 0 fully saturated rings. The quantitative estimate of drug-likeness (QED) is 0.869. The van der Waals surface area contributed by atoms with E-state index in [1.165, 1.54) is 23.5 Å². The fourth-order valence-corrected chi connectivity index (χ4v) is 1.82. The first-order valence-corrected chi connectivity index (χ1v) is 5.61.